The zero-order valence-corrected chi connectivity index (χ0v) is 13.3. The summed E-state index contributed by atoms with van der Waals surface area (Å²) in [6.07, 6.45) is 1.72. The Balaban J connectivity index is 2.34. The number of hydrogen-bond acceptors (Lipinski definition) is 4. The van der Waals surface area contributed by atoms with E-state index in [9.17, 15) is 8.42 Å². The second-order valence-corrected chi connectivity index (χ2v) is 7.50. The number of aromatic nitrogens is 2. The molecule has 1 atom stereocenters. The summed E-state index contributed by atoms with van der Waals surface area (Å²) in [6, 6.07) is 0. The largest absolute Gasteiger partial charge is 0.330 e. The molecule has 2 rings (SSSR count). The van der Waals surface area contributed by atoms with E-state index >= 15 is 0 Å². The van der Waals surface area contributed by atoms with Crippen LogP contribution in [-0.2, 0) is 16.6 Å². The lowest BCUT2D eigenvalue weighted by atomic mass is 10.2. The fraction of sp³-hybridized carbons (Fsp3) is 0.769. The molecule has 114 valence electrons. The van der Waals surface area contributed by atoms with Gasteiger partial charge in [0.25, 0.3) is 0 Å². The standard InChI is InChI=1S/C13H24N4O2S/c1-10-5-8-16(9-10)20(18,19)13-11(2)15-17(12(13)3)7-4-6-14/h10H,4-9,14H2,1-3H3. The van der Waals surface area contributed by atoms with Gasteiger partial charge in [0.1, 0.15) is 4.90 Å². The van der Waals surface area contributed by atoms with E-state index in [0.717, 1.165) is 18.5 Å². The van der Waals surface area contributed by atoms with Crippen molar-refractivity contribution < 1.29 is 8.42 Å². The molecule has 2 heterocycles. The fourth-order valence-corrected chi connectivity index (χ4v) is 4.70. The van der Waals surface area contributed by atoms with Crippen LogP contribution in [-0.4, -0.2) is 42.1 Å². The lowest BCUT2D eigenvalue weighted by Crippen LogP contribution is -2.29. The lowest BCUT2D eigenvalue weighted by molar-refractivity contribution is 0.463. The molecule has 0 amide bonds. The monoisotopic (exact) mass is 300 g/mol. The molecular formula is C13H24N4O2S. The van der Waals surface area contributed by atoms with Crippen molar-refractivity contribution in [2.45, 2.75) is 45.1 Å². The Kier molecular flexibility index (Phi) is 4.51. The van der Waals surface area contributed by atoms with E-state index in [1.165, 1.54) is 0 Å². The first-order valence-corrected chi connectivity index (χ1v) is 8.56. The summed E-state index contributed by atoms with van der Waals surface area (Å²) in [4.78, 5) is 0.378. The maximum absolute atomic E-state index is 12.8. The Labute approximate surface area is 121 Å². The smallest absolute Gasteiger partial charge is 0.246 e. The van der Waals surface area contributed by atoms with Gasteiger partial charge in [-0.15, -0.1) is 0 Å². The molecule has 1 saturated heterocycles. The zero-order valence-electron chi connectivity index (χ0n) is 12.5. The van der Waals surface area contributed by atoms with Crippen molar-refractivity contribution in [2.24, 2.45) is 11.7 Å². The Morgan fingerprint density at radius 1 is 1.40 bits per heavy atom. The predicted molar refractivity (Wildman–Crippen MR) is 77.9 cm³/mol. The Bertz CT molecular complexity index is 579. The highest BCUT2D eigenvalue weighted by Gasteiger charge is 2.34. The van der Waals surface area contributed by atoms with E-state index in [1.54, 1.807) is 15.9 Å². The van der Waals surface area contributed by atoms with Gasteiger partial charge in [0.15, 0.2) is 0 Å². The number of hydrogen-bond donors (Lipinski definition) is 1. The highest BCUT2D eigenvalue weighted by molar-refractivity contribution is 7.89. The summed E-state index contributed by atoms with van der Waals surface area (Å²) >= 11 is 0. The number of aryl methyl sites for hydroxylation is 2. The molecule has 1 aromatic rings. The molecule has 1 aliphatic rings. The highest BCUT2D eigenvalue weighted by atomic mass is 32.2. The van der Waals surface area contributed by atoms with Gasteiger partial charge in [0.05, 0.1) is 11.4 Å². The normalized spacial score (nSPS) is 20.7. The molecule has 20 heavy (non-hydrogen) atoms. The van der Waals surface area contributed by atoms with E-state index < -0.39 is 10.0 Å². The molecular weight excluding hydrogens is 276 g/mol. The minimum absolute atomic E-state index is 0.378. The van der Waals surface area contributed by atoms with E-state index in [1.807, 2.05) is 6.92 Å². The third-order valence-corrected chi connectivity index (χ3v) is 5.99. The summed E-state index contributed by atoms with van der Waals surface area (Å²) in [5, 5.41) is 4.36. The Hall–Kier alpha value is -0.920. The topological polar surface area (TPSA) is 81.2 Å². The summed E-state index contributed by atoms with van der Waals surface area (Å²) < 4.78 is 28.9. The van der Waals surface area contributed by atoms with Crippen molar-refractivity contribution in [1.29, 1.82) is 0 Å². The van der Waals surface area contributed by atoms with Crippen LogP contribution in [0.1, 0.15) is 31.2 Å². The first-order chi connectivity index (χ1) is 9.37. The zero-order chi connectivity index (χ0) is 14.9. The van der Waals surface area contributed by atoms with Crippen molar-refractivity contribution in [3.63, 3.8) is 0 Å². The second-order valence-electron chi connectivity index (χ2n) is 5.62. The van der Waals surface area contributed by atoms with Crippen LogP contribution in [0.5, 0.6) is 0 Å². The average molecular weight is 300 g/mol. The molecule has 7 heteroatoms. The molecule has 1 fully saturated rings. The third-order valence-electron chi connectivity index (χ3n) is 3.87. The van der Waals surface area contributed by atoms with Gasteiger partial charge in [-0.2, -0.15) is 9.40 Å². The molecule has 0 aliphatic carbocycles. The molecule has 1 aliphatic heterocycles. The minimum Gasteiger partial charge on any atom is -0.330 e. The highest BCUT2D eigenvalue weighted by Crippen LogP contribution is 2.28. The first kappa shape index (κ1) is 15.5. The quantitative estimate of drug-likeness (QED) is 0.875. The van der Waals surface area contributed by atoms with E-state index in [-0.39, 0.29) is 0 Å². The van der Waals surface area contributed by atoms with Crippen LogP contribution in [0.4, 0.5) is 0 Å². The Morgan fingerprint density at radius 2 is 2.10 bits per heavy atom. The van der Waals surface area contributed by atoms with Crippen molar-refractivity contribution in [3.05, 3.63) is 11.4 Å². The molecule has 0 saturated carbocycles. The van der Waals surface area contributed by atoms with E-state index in [0.29, 0.717) is 42.7 Å². The molecule has 1 aromatic heterocycles. The van der Waals surface area contributed by atoms with Crippen LogP contribution >= 0.6 is 0 Å². The van der Waals surface area contributed by atoms with Crippen LogP contribution in [0.2, 0.25) is 0 Å². The summed E-state index contributed by atoms with van der Waals surface area (Å²) in [6.45, 7) is 8.12. The summed E-state index contributed by atoms with van der Waals surface area (Å²) in [7, 11) is -3.42. The fourth-order valence-electron chi connectivity index (χ4n) is 2.75. The Morgan fingerprint density at radius 3 is 2.65 bits per heavy atom. The maximum Gasteiger partial charge on any atom is 0.246 e. The second kappa shape index (κ2) is 5.83. The number of sulfonamides is 1. The maximum atomic E-state index is 12.8. The molecule has 1 unspecified atom stereocenters. The SMILES string of the molecule is Cc1nn(CCCN)c(C)c1S(=O)(=O)N1CCC(C)C1. The molecule has 6 nitrogen and oxygen atoms in total. The van der Waals surface area contributed by atoms with Crippen LogP contribution in [0.25, 0.3) is 0 Å². The van der Waals surface area contributed by atoms with E-state index in [4.69, 9.17) is 5.73 Å². The van der Waals surface area contributed by atoms with Gasteiger partial charge in [-0.25, -0.2) is 8.42 Å². The van der Waals surface area contributed by atoms with E-state index in [2.05, 4.69) is 12.0 Å². The van der Waals surface area contributed by atoms with Gasteiger partial charge < -0.3 is 5.73 Å². The van der Waals surface area contributed by atoms with Crippen molar-refractivity contribution in [3.8, 4) is 0 Å². The van der Waals surface area contributed by atoms with Gasteiger partial charge in [-0.3, -0.25) is 4.68 Å². The molecule has 0 spiro atoms. The van der Waals surface area contributed by atoms with Gasteiger partial charge in [0, 0.05) is 19.6 Å². The van der Waals surface area contributed by atoms with Gasteiger partial charge >= 0.3 is 0 Å². The molecule has 0 bridgehead atoms. The number of nitrogens with two attached hydrogens (primary N) is 1. The van der Waals surface area contributed by atoms with Crippen LogP contribution < -0.4 is 5.73 Å². The summed E-state index contributed by atoms with van der Waals surface area (Å²) in [5.41, 5.74) is 6.80. The number of nitrogens with zero attached hydrogens (tertiary/aromatic N) is 3. The predicted octanol–water partition coefficient (Wildman–Crippen LogP) is 0.879. The van der Waals surface area contributed by atoms with Gasteiger partial charge in [0.2, 0.25) is 10.0 Å². The molecule has 2 N–H and O–H groups in total. The van der Waals surface area contributed by atoms with Crippen molar-refractivity contribution in [1.82, 2.24) is 14.1 Å². The molecule has 0 aromatic carbocycles. The van der Waals surface area contributed by atoms with Crippen LogP contribution in [0, 0.1) is 19.8 Å². The van der Waals surface area contributed by atoms with Gasteiger partial charge in [-0.05, 0) is 39.2 Å². The van der Waals surface area contributed by atoms with Crippen LogP contribution in [0.3, 0.4) is 0 Å². The average Bonchev–Trinajstić information content (AvgIpc) is 2.92. The van der Waals surface area contributed by atoms with Crippen molar-refractivity contribution >= 4 is 10.0 Å². The summed E-state index contributed by atoms with van der Waals surface area (Å²) in [5.74, 6) is 0.428. The third kappa shape index (κ3) is 2.75. The number of rotatable bonds is 5. The van der Waals surface area contributed by atoms with Crippen LogP contribution in [0.15, 0.2) is 4.90 Å². The minimum atomic E-state index is -3.42. The lowest BCUT2D eigenvalue weighted by Gasteiger charge is -2.16. The molecule has 0 radical (unpaired) electrons. The van der Waals surface area contributed by atoms with Gasteiger partial charge in [-0.1, -0.05) is 6.92 Å². The van der Waals surface area contributed by atoms with Crippen molar-refractivity contribution in [2.75, 3.05) is 19.6 Å². The first-order valence-electron chi connectivity index (χ1n) is 7.12.